The van der Waals surface area contributed by atoms with Gasteiger partial charge in [0.15, 0.2) is 0 Å². The van der Waals surface area contributed by atoms with E-state index >= 15 is 0 Å². The minimum absolute atomic E-state index is 0.0925. The Balaban J connectivity index is 2.46. The SMILES string of the molecule is CCNc1c(Cn2nc(C)c(Br)c2C)cccc1[N+](=O)[O-]. The molecule has 0 fully saturated rings. The quantitative estimate of drug-likeness (QED) is 0.658. The molecule has 0 amide bonds. The lowest BCUT2D eigenvalue weighted by molar-refractivity contribution is -0.384. The summed E-state index contributed by atoms with van der Waals surface area (Å²) in [7, 11) is 0. The number of rotatable bonds is 5. The van der Waals surface area contributed by atoms with Gasteiger partial charge >= 0.3 is 0 Å². The van der Waals surface area contributed by atoms with Gasteiger partial charge in [0.25, 0.3) is 5.69 Å². The first-order valence-electron chi connectivity index (χ1n) is 6.65. The molecular weight excluding hydrogens is 336 g/mol. The van der Waals surface area contributed by atoms with E-state index in [2.05, 4.69) is 26.3 Å². The fourth-order valence-corrected chi connectivity index (χ4v) is 2.53. The van der Waals surface area contributed by atoms with E-state index in [1.54, 1.807) is 6.07 Å². The maximum absolute atomic E-state index is 11.2. The van der Waals surface area contributed by atoms with E-state index in [9.17, 15) is 10.1 Å². The standard InChI is InChI=1S/C14H17BrN4O2/c1-4-16-14-11(6-5-7-12(14)19(20)21)8-18-10(3)13(15)9(2)17-18/h5-7,16H,4,8H2,1-3H3. The van der Waals surface area contributed by atoms with Crippen LogP contribution in [0.2, 0.25) is 0 Å². The van der Waals surface area contributed by atoms with Crippen LogP contribution in [0, 0.1) is 24.0 Å². The number of hydrogen-bond acceptors (Lipinski definition) is 4. The second kappa shape index (κ2) is 6.26. The third kappa shape index (κ3) is 3.07. The molecular formula is C14H17BrN4O2. The number of aryl methyl sites for hydroxylation is 1. The third-order valence-corrected chi connectivity index (χ3v) is 4.44. The van der Waals surface area contributed by atoms with Gasteiger partial charge in [-0.05, 0) is 36.7 Å². The second-order valence-corrected chi connectivity index (χ2v) is 5.53. The molecule has 1 N–H and O–H groups in total. The van der Waals surface area contributed by atoms with Crippen molar-refractivity contribution in [3.63, 3.8) is 0 Å². The molecule has 7 heteroatoms. The lowest BCUT2D eigenvalue weighted by Gasteiger charge is -2.12. The molecule has 0 unspecified atom stereocenters. The Morgan fingerprint density at radius 3 is 2.67 bits per heavy atom. The summed E-state index contributed by atoms with van der Waals surface area (Å²) in [5.41, 5.74) is 3.41. The van der Waals surface area contributed by atoms with E-state index in [4.69, 9.17) is 0 Å². The number of aromatic nitrogens is 2. The van der Waals surface area contributed by atoms with Gasteiger partial charge in [-0.15, -0.1) is 0 Å². The Kier molecular flexibility index (Phi) is 4.62. The molecule has 2 rings (SSSR count). The highest BCUT2D eigenvalue weighted by Gasteiger charge is 2.18. The Bertz CT molecular complexity index is 682. The molecule has 2 aromatic rings. The lowest BCUT2D eigenvalue weighted by Crippen LogP contribution is -2.09. The van der Waals surface area contributed by atoms with Gasteiger partial charge in [0.2, 0.25) is 0 Å². The Hall–Kier alpha value is -1.89. The number of anilines is 1. The molecule has 1 aromatic heterocycles. The highest BCUT2D eigenvalue weighted by Crippen LogP contribution is 2.29. The van der Waals surface area contributed by atoms with E-state index in [0.717, 1.165) is 21.4 Å². The first kappa shape index (κ1) is 15.5. The van der Waals surface area contributed by atoms with Crippen LogP contribution in [0.5, 0.6) is 0 Å². The van der Waals surface area contributed by atoms with Crippen molar-refractivity contribution in [2.45, 2.75) is 27.3 Å². The molecule has 112 valence electrons. The fourth-order valence-electron chi connectivity index (χ4n) is 2.24. The summed E-state index contributed by atoms with van der Waals surface area (Å²) in [6.07, 6.45) is 0. The fraction of sp³-hybridized carbons (Fsp3) is 0.357. The van der Waals surface area contributed by atoms with Crippen LogP contribution in [-0.4, -0.2) is 21.2 Å². The molecule has 6 nitrogen and oxygen atoms in total. The average molecular weight is 353 g/mol. The molecule has 1 aromatic carbocycles. The van der Waals surface area contributed by atoms with Crippen LogP contribution in [0.1, 0.15) is 23.9 Å². The van der Waals surface area contributed by atoms with Crippen LogP contribution in [-0.2, 0) is 6.54 Å². The third-order valence-electron chi connectivity index (χ3n) is 3.29. The summed E-state index contributed by atoms with van der Waals surface area (Å²) in [4.78, 5) is 10.8. The first-order chi connectivity index (χ1) is 9.95. The van der Waals surface area contributed by atoms with Crippen LogP contribution in [0.25, 0.3) is 0 Å². The lowest BCUT2D eigenvalue weighted by atomic mass is 10.1. The maximum atomic E-state index is 11.2. The van der Waals surface area contributed by atoms with Crippen molar-refractivity contribution in [3.8, 4) is 0 Å². The maximum Gasteiger partial charge on any atom is 0.292 e. The topological polar surface area (TPSA) is 73.0 Å². The van der Waals surface area contributed by atoms with Crippen molar-refractivity contribution >= 4 is 27.3 Å². The van der Waals surface area contributed by atoms with E-state index in [1.165, 1.54) is 6.07 Å². The zero-order valence-electron chi connectivity index (χ0n) is 12.2. The molecule has 0 bridgehead atoms. The molecule has 0 aliphatic heterocycles. The van der Waals surface area contributed by atoms with Crippen molar-refractivity contribution in [2.24, 2.45) is 0 Å². The van der Waals surface area contributed by atoms with Crippen molar-refractivity contribution in [3.05, 3.63) is 49.7 Å². The summed E-state index contributed by atoms with van der Waals surface area (Å²) in [6, 6.07) is 5.10. The minimum atomic E-state index is -0.362. The summed E-state index contributed by atoms with van der Waals surface area (Å²) in [6.45, 7) is 6.92. The molecule has 1 heterocycles. The number of benzene rings is 1. The number of nitro groups is 1. The van der Waals surface area contributed by atoms with Gasteiger partial charge in [0.1, 0.15) is 5.69 Å². The highest BCUT2D eigenvalue weighted by molar-refractivity contribution is 9.10. The zero-order chi connectivity index (χ0) is 15.6. The monoisotopic (exact) mass is 352 g/mol. The summed E-state index contributed by atoms with van der Waals surface area (Å²) in [5.74, 6) is 0. The van der Waals surface area contributed by atoms with E-state index in [-0.39, 0.29) is 10.6 Å². The van der Waals surface area contributed by atoms with Gasteiger partial charge in [-0.3, -0.25) is 14.8 Å². The molecule has 0 atom stereocenters. The number of nitrogens with zero attached hydrogens (tertiary/aromatic N) is 3. The van der Waals surface area contributed by atoms with Crippen LogP contribution in [0.4, 0.5) is 11.4 Å². The summed E-state index contributed by atoms with van der Waals surface area (Å²) < 4.78 is 2.82. The van der Waals surface area contributed by atoms with Gasteiger partial charge in [-0.25, -0.2) is 0 Å². The van der Waals surface area contributed by atoms with Crippen LogP contribution >= 0.6 is 15.9 Å². The molecule has 0 aliphatic rings. The predicted molar refractivity (Wildman–Crippen MR) is 85.8 cm³/mol. The number of para-hydroxylation sites is 1. The van der Waals surface area contributed by atoms with Crippen molar-refractivity contribution in [1.82, 2.24) is 9.78 Å². The number of nitrogens with one attached hydrogen (secondary N) is 1. The molecule has 0 aliphatic carbocycles. The smallest absolute Gasteiger partial charge is 0.292 e. The zero-order valence-corrected chi connectivity index (χ0v) is 13.8. The van der Waals surface area contributed by atoms with Crippen LogP contribution in [0.3, 0.4) is 0 Å². The normalized spacial score (nSPS) is 10.7. The van der Waals surface area contributed by atoms with E-state index in [1.807, 2.05) is 31.5 Å². The van der Waals surface area contributed by atoms with Gasteiger partial charge < -0.3 is 5.32 Å². The molecule has 21 heavy (non-hydrogen) atoms. The Labute approximate surface area is 131 Å². The van der Waals surface area contributed by atoms with Gasteiger partial charge in [0.05, 0.1) is 27.3 Å². The van der Waals surface area contributed by atoms with Crippen molar-refractivity contribution in [1.29, 1.82) is 0 Å². The van der Waals surface area contributed by atoms with Gasteiger partial charge in [-0.1, -0.05) is 12.1 Å². The van der Waals surface area contributed by atoms with Crippen LogP contribution < -0.4 is 5.32 Å². The number of nitro benzene ring substituents is 1. The Morgan fingerprint density at radius 2 is 2.14 bits per heavy atom. The number of hydrogen-bond donors (Lipinski definition) is 1. The average Bonchev–Trinajstić information content (AvgIpc) is 2.68. The van der Waals surface area contributed by atoms with Gasteiger partial charge in [-0.2, -0.15) is 5.10 Å². The predicted octanol–water partition coefficient (Wildman–Crippen LogP) is 3.65. The van der Waals surface area contributed by atoms with E-state index in [0.29, 0.717) is 18.8 Å². The molecule has 0 saturated carbocycles. The number of halogens is 1. The molecule has 0 radical (unpaired) electrons. The minimum Gasteiger partial charge on any atom is -0.379 e. The Morgan fingerprint density at radius 1 is 1.43 bits per heavy atom. The molecule has 0 spiro atoms. The largest absolute Gasteiger partial charge is 0.379 e. The van der Waals surface area contributed by atoms with Gasteiger partial charge in [0, 0.05) is 18.2 Å². The summed E-state index contributed by atoms with van der Waals surface area (Å²) >= 11 is 3.49. The highest BCUT2D eigenvalue weighted by atomic mass is 79.9. The van der Waals surface area contributed by atoms with Crippen LogP contribution in [0.15, 0.2) is 22.7 Å². The second-order valence-electron chi connectivity index (χ2n) is 4.74. The summed E-state index contributed by atoms with van der Waals surface area (Å²) in [5, 5.41) is 18.7. The van der Waals surface area contributed by atoms with E-state index < -0.39 is 0 Å². The van der Waals surface area contributed by atoms with Crippen molar-refractivity contribution in [2.75, 3.05) is 11.9 Å². The molecule has 0 saturated heterocycles. The first-order valence-corrected chi connectivity index (χ1v) is 7.44. The van der Waals surface area contributed by atoms with Crippen molar-refractivity contribution < 1.29 is 4.92 Å².